The molecular formula is C13H24N2O. The minimum absolute atomic E-state index is 0.340. The van der Waals surface area contributed by atoms with Crippen LogP contribution in [0.15, 0.2) is 12.7 Å². The van der Waals surface area contributed by atoms with Crippen molar-refractivity contribution in [1.82, 2.24) is 10.2 Å². The summed E-state index contributed by atoms with van der Waals surface area (Å²) in [5, 5.41) is 3.51. The summed E-state index contributed by atoms with van der Waals surface area (Å²) in [6, 6.07) is 1.13. The fraction of sp³-hybridized carbons (Fsp3) is 0.846. The van der Waals surface area contributed by atoms with Gasteiger partial charge >= 0.3 is 0 Å². The third-order valence-corrected chi connectivity index (χ3v) is 3.75. The predicted molar refractivity (Wildman–Crippen MR) is 66.6 cm³/mol. The van der Waals surface area contributed by atoms with Crippen LogP contribution >= 0.6 is 0 Å². The van der Waals surface area contributed by atoms with Crippen molar-refractivity contribution in [3.63, 3.8) is 0 Å². The van der Waals surface area contributed by atoms with E-state index in [0.717, 1.165) is 26.1 Å². The third kappa shape index (κ3) is 2.65. The quantitative estimate of drug-likeness (QED) is 0.715. The van der Waals surface area contributed by atoms with Gasteiger partial charge in [0.1, 0.15) is 0 Å². The van der Waals surface area contributed by atoms with Crippen LogP contribution in [0.25, 0.3) is 0 Å². The summed E-state index contributed by atoms with van der Waals surface area (Å²) in [5.41, 5.74) is 0. The van der Waals surface area contributed by atoms with Gasteiger partial charge in [0.05, 0.1) is 12.7 Å². The summed E-state index contributed by atoms with van der Waals surface area (Å²) < 4.78 is 6.01. The van der Waals surface area contributed by atoms with E-state index in [0.29, 0.717) is 18.2 Å². The maximum atomic E-state index is 6.01. The highest BCUT2D eigenvalue weighted by Crippen LogP contribution is 2.24. The lowest BCUT2D eigenvalue weighted by Crippen LogP contribution is -2.54. The number of nitrogens with one attached hydrogen (secondary N) is 1. The zero-order chi connectivity index (χ0) is 11.4. The molecule has 2 rings (SSSR count). The van der Waals surface area contributed by atoms with Gasteiger partial charge in [-0.1, -0.05) is 13.0 Å². The smallest absolute Gasteiger partial charge is 0.0858 e. The first-order chi connectivity index (χ1) is 7.85. The van der Waals surface area contributed by atoms with Gasteiger partial charge in [-0.3, -0.25) is 4.90 Å². The van der Waals surface area contributed by atoms with Gasteiger partial charge in [-0.05, 0) is 32.4 Å². The molecule has 3 unspecified atom stereocenters. The molecule has 0 amide bonds. The molecule has 2 saturated heterocycles. The highest BCUT2D eigenvalue weighted by atomic mass is 16.5. The van der Waals surface area contributed by atoms with E-state index >= 15 is 0 Å². The Morgan fingerprint density at radius 3 is 3.25 bits per heavy atom. The number of nitrogens with zero attached hydrogens (tertiary/aromatic N) is 1. The fourth-order valence-electron chi connectivity index (χ4n) is 2.89. The molecule has 92 valence electrons. The average molecular weight is 224 g/mol. The average Bonchev–Trinajstić information content (AvgIpc) is 2.75. The molecule has 3 nitrogen and oxygen atoms in total. The molecule has 3 atom stereocenters. The molecule has 3 heteroatoms. The minimum Gasteiger partial charge on any atom is -0.374 e. The van der Waals surface area contributed by atoms with E-state index < -0.39 is 0 Å². The van der Waals surface area contributed by atoms with Crippen LogP contribution in [-0.4, -0.2) is 49.3 Å². The number of fused-ring (bicyclic) bond motifs is 1. The molecule has 2 heterocycles. The Labute approximate surface area is 98.8 Å². The molecule has 0 radical (unpaired) electrons. The molecule has 2 fully saturated rings. The SMILES string of the molecule is C=CCC(NCC)C1CN2CCCC2CO1. The highest BCUT2D eigenvalue weighted by Gasteiger charge is 2.34. The lowest BCUT2D eigenvalue weighted by Gasteiger charge is -2.38. The van der Waals surface area contributed by atoms with Crippen LogP contribution in [0.1, 0.15) is 26.2 Å². The zero-order valence-electron chi connectivity index (χ0n) is 10.3. The molecule has 1 N–H and O–H groups in total. The molecule has 2 aliphatic heterocycles. The van der Waals surface area contributed by atoms with E-state index in [2.05, 4.69) is 23.7 Å². The molecule has 0 aromatic rings. The first-order valence-electron chi connectivity index (χ1n) is 6.55. The van der Waals surface area contributed by atoms with Crippen LogP contribution in [0.5, 0.6) is 0 Å². The van der Waals surface area contributed by atoms with Crippen LogP contribution in [0.4, 0.5) is 0 Å². The van der Waals surface area contributed by atoms with Gasteiger partial charge in [0.2, 0.25) is 0 Å². The molecular weight excluding hydrogens is 200 g/mol. The van der Waals surface area contributed by atoms with Crippen LogP contribution in [0, 0.1) is 0 Å². The van der Waals surface area contributed by atoms with Crippen LogP contribution in [0.2, 0.25) is 0 Å². The summed E-state index contributed by atoms with van der Waals surface area (Å²) in [6.45, 7) is 10.3. The minimum atomic E-state index is 0.340. The van der Waals surface area contributed by atoms with Gasteiger partial charge in [0.25, 0.3) is 0 Å². The second kappa shape index (κ2) is 5.80. The van der Waals surface area contributed by atoms with E-state index in [9.17, 15) is 0 Å². The van der Waals surface area contributed by atoms with Gasteiger partial charge in [-0.25, -0.2) is 0 Å². The van der Waals surface area contributed by atoms with Crippen molar-refractivity contribution in [3.8, 4) is 0 Å². The Hall–Kier alpha value is -0.380. The topological polar surface area (TPSA) is 24.5 Å². The Morgan fingerprint density at radius 2 is 2.50 bits per heavy atom. The van der Waals surface area contributed by atoms with Crippen LogP contribution < -0.4 is 5.32 Å². The van der Waals surface area contributed by atoms with Crippen molar-refractivity contribution in [1.29, 1.82) is 0 Å². The number of hydrogen-bond acceptors (Lipinski definition) is 3. The Bertz CT molecular complexity index is 232. The highest BCUT2D eigenvalue weighted by molar-refractivity contribution is 4.92. The number of rotatable bonds is 5. The maximum absolute atomic E-state index is 6.01. The van der Waals surface area contributed by atoms with Crippen molar-refractivity contribution >= 4 is 0 Å². The molecule has 2 aliphatic rings. The van der Waals surface area contributed by atoms with Gasteiger partial charge in [-0.2, -0.15) is 0 Å². The van der Waals surface area contributed by atoms with Crippen molar-refractivity contribution < 1.29 is 4.74 Å². The number of ether oxygens (including phenoxy) is 1. The first-order valence-corrected chi connectivity index (χ1v) is 6.55. The van der Waals surface area contributed by atoms with Crippen LogP contribution in [0.3, 0.4) is 0 Å². The molecule has 0 aliphatic carbocycles. The van der Waals surface area contributed by atoms with Crippen molar-refractivity contribution in [2.75, 3.05) is 26.2 Å². The summed E-state index contributed by atoms with van der Waals surface area (Å²) in [6.07, 6.45) is 5.99. The monoisotopic (exact) mass is 224 g/mol. The molecule has 0 aromatic carbocycles. The summed E-state index contributed by atoms with van der Waals surface area (Å²) in [7, 11) is 0. The summed E-state index contributed by atoms with van der Waals surface area (Å²) in [4.78, 5) is 2.60. The van der Waals surface area contributed by atoms with E-state index in [4.69, 9.17) is 4.74 Å². The second-order valence-electron chi connectivity index (χ2n) is 4.85. The lowest BCUT2D eigenvalue weighted by molar-refractivity contribution is -0.0638. The van der Waals surface area contributed by atoms with Crippen molar-refractivity contribution in [2.45, 2.75) is 44.4 Å². The van der Waals surface area contributed by atoms with Gasteiger partial charge < -0.3 is 10.1 Å². The van der Waals surface area contributed by atoms with Gasteiger partial charge in [-0.15, -0.1) is 6.58 Å². The van der Waals surface area contributed by atoms with E-state index in [-0.39, 0.29) is 0 Å². The Morgan fingerprint density at radius 1 is 1.62 bits per heavy atom. The van der Waals surface area contributed by atoms with Crippen molar-refractivity contribution in [2.24, 2.45) is 0 Å². The number of likely N-dealkylation sites (N-methyl/N-ethyl adjacent to an activating group) is 1. The van der Waals surface area contributed by atoms with Crippen LogP contribution in [-0.2, 0) is 4.74 Å². The molecule has 0 bridgehead atoms. The fourth-order valence-corrected chi connectivity index (χ4v) is 2.89. The Kier molecular flexibility index (Phi) is 4.38. The lowest BCUT2D eigenvalue weighted by atomic mass is 10.0. The molecule has 0 spiro atoms. The van der Waals surface area contributed by atoms with E-state index in [1.807, 2.05) is 6.08 Å². The summed E-state index contributed by atoms with van der Waals surface area (Å²) >= 11 is 0. The molecule has 16 heavy (non-hydrogen) atoms. The largest absolute Gasteiger partial charge is 0.374 e. The standard InChI is InChI=1S/C13H24N2O/c1-3-6-12(14-4-2)13-9-15-8-5-7-11(15)10-16-13/h3,11-14H,1,4-10H2,2H3. The van der Waals surface area contributed by atoms with Crippen molar-refractivity contribution in [3.05, 3.63) is 12.7 Å². The molecule has 0 saturated carbocycles. The Balaban J connectivity index is 1.89. The maximum Gasteiger partial charge on any atom is 0.0858 e. The number of hydrogen-bond donors (Lipinski definition) is 1. The zero-order valence-corrected chi connectivity index (χ0v) is 10.3. The first kappa shape index (κ1) is 12.1. The predicted octanol–water partition coefficient (Wildman–Crippen LogP) is 1.40. The molecule has 0 aromatic heterocycles. The van der Waals surface area contributed by atoms with E-state index in [1.54, 1.807) is 0 Å². The second-order valence-corrected chi connectivity index (χ2v) is 4.85. The van der Waals surface area contributed by atoms with Gasteiger partial charge in [0, 0.05) is 18.6 Å². The third-order valence-electron chi connectivity index (χ3n) is 3.75. The van der Waals surface area contributed by atoms with Gasteiger partial charge in [0.15, 0.2) is 0 Å². The summed E-state index contributed by atoms with van der Waals surface area (Å²) in [5.74, 6) is 0. The number of morpholine rings is 1. The normalized spacial score (nSPS) is 32.3. The van der Waals surface area contributed by atoms with E-state index in [1.165, 1.54) is 19.4 Å².